The van der Waals surface area contributed by atoms with Crippen molar-refractivity contribution in [2.45, 2.75) is 20.4 Å². The molecule has 0 bridgehead atoms. The van der Waals surface area contributed by atoms with Crippen molar-refractivity contribution in [2.75, 3.05) is 12.4 Å². The zero-order chi connectivity index (χ0) is 13.8. The summed E-state index contributed by atoms with van der Waals surface area (Å²) >= 11 is 1.73. The van der Waals surface area contributed by atoms with Gasteiger partial charge in [0.05, 0.1) is 13.7 Å². The number of nitrogens with one attached hydrogen (secondary N) is 1. The second-order valence-corrected chi connectivity index (χ2v) is 5.45. The minimum Gasteiger partial charge on any atom is -0.463 e. The molecule has 19 heavy (non-hydrogen) atoms. The SMILES string of the molecule is COC(=O)c1nc(C)cc(NCc2ccc(C)s2)n1. The lowest BCUT2D eigenvalue weighted by molar-refractivity contribution is 0.0586. The Labute approximate surface area is 115 Å². The van der Waals surface area contributed by atoms with Crippen molar-refractivity contribution in [1.29, 1.82) is 0 Å². The van der Waals surface area contributed by atoms with Crippen molar-refractivity contribution < 1.29 is 9.53 Å². The molecule has 0 aliphatic heterocycles. The summed E-state index contributed by atoms with van der Waals surface area (Å²) in [5.41, 5.74) is 0.722. The molecule has 5 nitrogen and oxygen atoms in total. The van der Waals surface area contributed by atoms with Crippen molar-refractivity contribution in [3.05, 3.63) is 39.5 Å². The average Bonchev–Trinajstić information content (AvgIpc) is 2.80. The van der Waals surface area contributed by atoms with Crippen LogP contribution in [0.5, 0.6) is 0 Å². The summed E-state index contributed by atoms with van der Waals surface area (Å²) in [7, 11) is 1.32. The maximum Gasteiger partial charge on any atom is 0.376 e. The number of carbonyl (C=O) groups excluding carboxylic acids is 1. The summed E-state index contributed by atoms with van der Waals surface area (Å²) in [6, 6.07) is 5.95. The summed E-state index contributed by atoms with van der Waals surface area (Å²) in [5.74, 6) is 0.171. The molecule has 0 atom stereocenters. The third-order valence-electron chi connectivity index (χ3n) is 2.46. The Morgan fingerprint density at radius 3 is 2.79 bits per heavy atom. The maximum atomic E-state index is 11.4. The number of hydrogen-bond donors (Lipinski definition) is 1. The molecule has 2 aromatic rings. The molecule has 2 aromatic heterocycles. The third kappa shape index (κ3) is 3.51. The Hall–Kier alpha value is -1.95. The minimum absolute atomic E-state index is 0.0763. The standard InChI is InChI=1S/C13H15N3O2S/c1-8-6-11(16-12(15-8)13(17)18-3)14-7-10-5-4-9(2)19-10/h4-6H,7H2,1-3H3,(H,14,15,16). The zero-order valence-electron chi connectivity index (χ0n) is 11.1. The van der Waals surface area contributed by atoms with Crippen LogP contribution < -0.4 is 5.32 Å². The van der Waals surface area contributed by atoms with Crippen molar-refractivity contribution >= 4 is 23.1 Å². The van der Waals surface area contributed by atoms with Gasteiger partial charge in [-0.25, -0.2) is 14.8 Å². The normalized spacial score (nSPS) is 10.3. The Balaban J connectivity index is 2.11. The monoisotopic (exact) mass is 277 g/mol. The lowest BCUT2D eigenvalue weighted by Gasteiger charge is -2.06. The van der Waals surface area contributed by atoms with Gasteiger partial charge in [0, 0.05) is 21.5 Å². The van der Waals surface area contributed by atoms with Gasteiger partial charge in [0.2, 0.25) is 5.82 Å². The van der Waals surface area contributed by atoms with Crippen LogP contribution in [0, 0.1) is 13.8 Å². The lowest BCUT2D eigenvalue weighted by atomic mass is 10.4. The molecule has 0 fully saturated rings. The van der Waals surface area contributed by atoms with Gasteiger partial charge < -0.3 is 10.1 Å². The van der Waals surface area contributed by atoms with Crippen LogP contribution in [-0.2, 0) is 11.3 Å². The number of carbonyl (C=O) groups is 1. The number of anilines is 1. The summed E-state index contributed by atoms with van der Waals surface area (Å²) in [5, 5.41) is 3.19. The molecular weight excluding hydrogens is 262 g/mol. The molecule has 0 aromatic carbocycles. The van der Waals surface area contributed by atoms with Crippen molar-refractivity contribution in [3.8, 4) is 0 Å². The van der Waals surface area contributed by atoms with E-state index in [0.717, 1.165) is 5.69 Å². The highest BCUT2D eigenvalue weighted by atomic mass is 32.1. The fraction of sp³-hybridized carbons (Fsp3) is 0.308. The molecule has 0 saturated carbocycles. The first-order chi connectivity index (χ1) is 9.08. The molecule has 0 aliphatic rings. The van der Waals surface area contributed by atoms with Crippen molar-refractivity contribution in [1.82, 2.24) is 9.97 Å². The largest absolute Gasteiger partial charge is 0.463 e. The molecule has 0 aliphatic carbocycles. The highest BCUT2D eigenvalue weighted by Gasteiger charge is 2.11. The van der Waals surface area contributed by atoms with Crippen LogP contribution >= 0.6 is 11.3 Å². The number of thiophene rings is 1. The summed E-state index contributed by atoms with van der Waals surface area (Å²) in [4.78, 5) is 22.1. The maximum absolute atomic E-state index is 11.4. The number of nitrogens with zero attached hydrogens (tertiary/aromatic N) is 2. The Kier molecular flexibility index (Phi) is 4.11. The Morgan fingerprint density at radius 2 is 2.16 bits per heavy atom. The Bertz CT molecular complexity index is 595. The van der Waals surface area contributed by atoms with E-state index in [0.29, 0.717) is 12.4 Å². The number of esters is 1. The van der Waals surface area contributed by atoms with E-state index in [4.69, 9.17) is 0 Å². The molecule has 0 unspecified atom stereocenters. The summed E-state index contributed by atoms with van der Waals surface area (Å²) < 4.78 is 4.62. The van der Waals surface area contributed by atoms with E-state index in [2.05, 4.69) is 39.1 Å². The number of hydrogen-bond acceptors (Lipinski definition) is 6. The molecule has 2 heterocycles. The first-order valence-electron chi connectivity index (χ1n) is 5.81. The van der Waals surface area contributed by atoms with Gasteiger partial charge in [0.25, 0.3) is 0 Å². The predicted molar refractivity (Wildman–Crippen MR) is 74.5 cm³/mol. The molecule has 0 saturated heterocycles. The molecule has 100 valence electrons. The Morgan fingerprint density at radius 1 is 1.37 bits per heavy atom. The second-order valence-electron chi connectivity index (χ2n) is 4.08. The van der Waals surface area contributed by atoms with Gasteiger partial charge in [-0.1, -0.05) is 0 Å². The molecule has 0 spiro atoms. The van der Waals surface area contributed by atoms with Crippen molar-refractivity contribution in [3.63, 3.8) is 0 Å². The van der Waals surface area contributed by atoms with E-state index in [-0.39, 0.29) is 5.82 Å². The van der Waals surface area contributed by atoms with E-state index < -0.39 is 5.97 Å². The quantitative estimate of drug-likeness (QED) is 0.870. The van der Waals surface area contributed by atoms with Crippen LogP contribution in [0.2, 0.25) is 0 Å². The van der Waals surface area contributed by atoms with Gasteiger partial charge in [0.1, 0.15) is 5.82 Å². The van der Waals surface area contributed by atoms with E-state index >= 15 is 0 Å². The van der Waals surface area contributed by atoms with E-state index in [1.165, 1.54) is 16.9 Å². The molecular formula is C13H15N3O2S. The van der Waals surface area contributed by atoms with Crippen LogP contribution in [0.25, 0.3) is 0 Å². The highest BCUT2D eigenvalue weighted by Crippen LogP contribution is 2.16. The van der Waals surface area contributed by atoms with Crippen LogP contribution in [0.15, 0.2) is 18.2 Å². The fourth-order valence-electron chi connectivity index (χ4n) is 1.60. The average molecular weight is 277 g/mol. The number of aryl methyl sites for hydroxylation is 2. The fourth-order valence-corrected chi connectivity index (χ4v) is 2.43. The van der Waals surface area contributed by atoms with E-state index in [9.17, 15) is 4.79 Å². The van der Waals surface area contributed by atoms with Gasteiger partial charge in [-0.05, 0) is 26.0 Å². The second kappa shape index (κ2) is 5.79. The van der Waals surface area contributed by atoms with Gasteiger partial charge in [-0.3, -0.25) is 0 Å². The van der Waals surface area contributed by atoms with Crippen LogP contribution in [0.3, 0.4) is 0 Å². The summed E-state index contributed by atoms with van der Waals surface area (Å²) in [6.07, 6.45) is 0. The van der Waals surface area contributed by atoms with E-state index in [1.54, 1.807) is 17.4 Å². The van der Waals surface area contributed by atoms with Crippen LogP contribution in [0.4, 0.5) is 5.82 Å². The van der Waals surface area contributed by atoms with Gasteiger partial charge in [-0.15, -0.1) is 11.3 Å². The van der Waals surface area contributed by atoms with Gasteiger partial charge in [-0.2, -0.15) is 0 Å². The molecule has 1 N–H and O–H groups in total. The first kappa shape index (κ1) is 13.5. The molecule has 0 radical (unpaired) electrons. The van der Waals surface area contributed by atoms with Crippen LogP contribution in [-0.4, -0.2) is 23.0 Å². The highest BCUT2D eigenvalue weighted by molar-refractivity contribution is 7.11. The smallest absolute Gasteiger partial charge is 0.376 e. The number of rotatable bonds is 4. The zero-order valence-corrected chi connectivity index (χ0v) is 11.9. The minimum atomic E-state index is -0.529. The number of aromatic nitrogens is 2. The van der Waals surface area contributed by atoms with Gasteiger partial charge >= 0.3 is 5.97 Å². The lowest BCUT2D eigenvalue weighted by Crippen LogP contribution is -2.11. The first-order valence-corrected chi connectivity index (χ1v) is 6.63. The molecule has 6 heteroatoms. The topological polar surface area (TPSA) is 64.1 Å². The molecule has 0 amide bonds. The third-order valence-corrected chi connectivity index (χ3v) is 3.46. The van der Waals surface area contributed by atoms with E-state index in [1.807, 2.05) is 6.92 Å². The predicted octanol–water partition coefficient (Wildman–Crippen LogP) is 2.55. The number of methoxy groups -OCH3 is 1. The number of ether oxygens (including phenoxy) is 1. The van der Waals surface area contributed by atoms with Crippen LogP contribution in [0.1, 0.15) is 26.1 Å². The molecule has 2 rings (SSSR count). The van der Waals surface area contributed by atoms with Crippen molar-refractivity contribution in [2.24, 2.45) is 0 Å². The van der Waals surface area contributed by atoms with Gasteiger partial charge in [0.15, 0.2) is 0 Å². The summed E-state index contributed by atoms with van der Waals surface area (Å²) in [6.45, 7) is 4.56.